The molecule has 0 bridgehead atoms. The highest BCUT2D eigenvalue weighted by molar-refractivity contribution is 7.98. The van der Waals surface area contributed by atoms with Gasteiger partial charge in [0.15, 0.2) is 0 Å². The summed E-state index contributed by atoms with van der Waals surface area (Å²) in [5, 5.41) is 8.71. The van der Waals surface area contributed by atoms with Gasteiger partial charge in [0.05, 0.1) is 12.7 Å². The topological polar surface area (TPSA) is 76.1 Å². The lowest BCUT2D eigenvalue weighted by atomic mass is 10.1. The lowest BCUT2D eigenvalue weighted by Gasteiger charge is -2.09. The van der Waals surface area contributed by atoms with E-state index >= 15 is 0 Å². The van der Waals surface area contributed by atoms with E-state index < -0.39 is 17.8 Å². The first kappa shape index (κ1) is 15.5. The first-order valence-corrected chi connectivity index (χ1v) is 6.84. The van der Waals surface area contributed by atoms with Crippen LogP contribution in [0.15, 0.2) is 18.2 Å². The van der Waals surface area contributed by atoms with Crippen molar-refractivity contribution in [2.24, 2.45) is 5.73 Å². The first-order valence-electron chi connectivity index (χ1n) is 5.68. The minimum atomic E-state index is -0.646. The van der Waals surface area contributed by atoms with Gasteiger partial charge in [0.1, 0.15) is 17.9 Å². The third kappa shape index (κ3) is 4.54. The van der Waals surface area contributed by atoms with Crippen LogP contribution in [0.1, 0.15) is 17.5 Å². The van der Waals surface area contributed by atoms with Gasteiger partial charge >= 0.3 is 5.97 Å². The van der Waals surface area contributed by atoms with Crippen LogP contribution in [-0.2, 0) is 15.3 Å². The smallest absolute Gasteiger partial charge is 0.322 e. The maximum Gasteiger partial charge on any atom is 0.322 e. The first-order chi connectivity index (χ1) is 9.10. The molecule has 102 valence electrons. The van der Waals surface area contributed by atoms with Crippen LogP contribution >= 0.6 is 11.8 Å². The normalized spacial score (nSPS) is 11.7. The maximum atomic E-state index is 13.7. The zero-order chi connectivity index (χ0) is 14.3. The lowest BCUT2D eigenvalue weighted by molar-refractivity contribution is -0.142. The summed E-state index contributed by atoms with van der Waals surface area (Å²) < 4.78 is 18.2. The van der Waals surface area contributed by atoms with Crippen molar-refractivity contribution in [2.75, 3.05) is 12.9 Å². The second-order valence-corrected chi connectivity index (χ2v) is 4.97. The van der Waals surface area contributed by atoms with Crippen molar-refractivity contribution in [3.05, 3.63) is 35.1 Å². The molecule has 0 aliphatic rings. The Morgan fingerprint density at radius 2 is 2.37 bits per heavy atom. The molecule has 0 saturated carbocycles. The van der Waals surface area contributed by atoms with Gasteiger partial charge in [0, 0.05) is 5.75 Å². The van der Waals surface area contributed by atoms with E-state index in [0.29, 0.717) is 23.5 Å². The average molecular weight is 282 g/mol. The van der Waals surface area contributed by atoms with Crippen LogP contribution in [0.3, 0.4) is 0 Å². The molecule has 0 aliphatic carbocycles. The number of esters is 1. The highest BCUT2D eigenvalue weighted by Crippen LogP contribution is 2.19. The van der Waals surface area contributed by atoms with E-state index in [0.717, 1.165) is 0 Å². The number of thioether (sulfide) groups is 1. The van der Waals surface area contributed by atoms with Gasteiger partial charge in [-0.3, -0.25) is 4.79 Å². The summed E-state index contributed by atoms with van der Waals surface area (Å²) in [6.45, 7) is 0. The third-order valence-corrected chi connectivity index (χ3v) is 3.57. The number of carbonyl (C=O) groups excluding carboxylic acids is 1. The molecule has 1 aromatic carbocycles. The van der Waals surface area contributed by atoms with Crippen molar-refractivity contribution in [3.63, 3.8) is 0 Å². The number of nitrogens with two attached hydrogens (primary N) is 1. The Labute approximate surface area is 115 Å². The SMILES string of the molecule is COC(=O)C(N)CCSCc1cccc(C#N)c1F. The minimum absolute atomic E-state index is 0.0457. The van der Waals surface area contributed by atoms with Gasteiger partial charge in [-0.25, -0.2) is 4.39 Å². The van der Waals surface area contributed by atoms with Gasteiger partial charge in [-0.2, -0.15) is 17.0 Å². The molecular weight excluding hydrogens is 267 g/mol. The molecule has 1 unspecified atom stereocenters. The molecule has 1 atom stereocenters. The lowest BCUT2D eigenvalue weighted by Crippen LogP contribution is -2.31. The van der Waals surface area contributed by atoms with E-state index in [-0.39, 0.29) is 5.56 Å². The van der Waals surface area contributed by atoms with E-state index in [1.165, 1.54) is 24.9 Å². The summed E-state index contributed by atoms with van der Waals surface area (Å²) in [6, 6.07) is 5.89. The van der Waals surface area contributed by atoms with Crippen molar-refractivity contribution in [2.45, 2.75) is 18.2 Å². The number of nitrogens with zero attached hydrogens (tertiary/aromatic N) is 1. The molecule has 2 N–H and O–H groups in total. The number of hydrogen-bond donors (Lipinski definition) is 1. The number of rotatable bonds is 6. The molecule has 1 rings (SSSR count). The molecule has 1 aromatic rings. The number of halogens is 1. The van der Waals surface area contributed by atoms with Gasteiger partial charge in [0.2, 0.25) is 0 Å². The molecule has 0 radical (unpaired) electrons. The summed E-state index contributed by atoms with van der Waals surface area (Å²) in [7, 11) is 1.29. The van der Waals surface area contributed by atoms with E-state index in [1.807, 2.05) is 0 Å². The van der Waals surface area contributed by atoms with Crippen molar-refractivity contribution in [3.8, 4) is 6.07 Å². The monoisotopic (exact) mass is 282 g/mol. The summed E-state index contributed by atoms with van der Waals surface area (Å²) in [6.07, 6.45) is 0.469. The zero-order valence-electron chi connectivity index (χ0n) is 10.6. The zero-order valence-corrected chi connectivity index (χ0v) is 11.4. The van der Waals surface area contributed by atoms with Crippen LogP contribution in [0.2, 0.25) is 0 Å². The van der Waals surface area contributed by atoms with E-state index in [1.54, 1.807) is 18.2 Å². The molecule has 0 spiro atoms. The highest BCUT2D eigenvalue weighted by Gasteiger charge is 2.13. The second-order valence-electron chi connectivity index (χ2n) is 3.86. The van der Waals surface area contributed by atoms with E-state index in [9.17, 15) is 9.18 Å². The molecule has 19 heavy (non-hydrogen) atoms. The van der Waals surface area contributed by atoms with Gasteiger partial charge in [-0.15, -0.1) is 0 Å². The van der Waals surface area contributed by atoms with Crippen molar-refractivity contribution >= 4 is 17.7 Å². The molecular formula is C13H15FN2O2S. The standard InChI is InChI=1S/C13H15FN2O2S/c1-18-13(17)11(16)5-6-19-8-10-4-2-3-9(7-15)12(10)14/h2-4,11H,5-6,8,16H2,1H3. The van der Waals surface area contributed by atoms with Crippen LogP contribution in [0.5, 0.6) is 0 Å². The van der Waals surface area contributed by atoms with Crippen LogP contribution in [0.4, 0.5) is 4.39 Å². The van der Waals surface area contributed by atoms with Crippen LogP contribution in [0, 0.1) is 17.1 Å². The van der Waals surface area contributed by atoms with Gasteiger partial charge in [0.25, 0.3) is 0 Å². The van der Waals surface area contributed by atoms with Gasteiger partial charge < -0.3 is 10.5 Å². The van der Waals surface area contributed by atoms with E-state index in [2.05, 4.69) is 4.74 Å². The predicted molar refractivity (Wildman–Crippen MR) is 71.9 cm³/mol. The summed E-state index contributed by atoms with van der Waals surface area (Å²) >= 11 is 1.46. The van der Waals surface area contributed by atoms with Crippen molar-refractivity contribution in [1.29, 1.82) is 5.26 Å². The van der Waals surface area contributed by atoms with Gasteiger partial charge in [-0.1, -0.05) is 12.1 Å². The quantitative estimate of drug-likeness (QED) is 0.636. The molecule has 0 saturated heterocycles. The number of hydrogen-bond acceptors (Lipinski definition) is 5. The second kappa shape index (κ2) is 7.77. The molecule has 4 nitrogen and oxygen atoms in total. The minimum Gasteiger partial charge on any atom is -0.468 e. The van der Waals surface area contributed by atoms with Crippen LogP contribution < -0.4 is 5.73 Å². The Balaban J connectivity index is 2.42. The fourth-order valence-corrected chi connectivity index (χ4v) is 2.45. The fourth-order valence-electron chi connectivity index (χ4n) is 1.44. The number of ether oxygens (including phenoxy) is 1. The molecule has 0 fully saturated rings. The Morgan fingerprint density at radius 3 is 3.00 bits per heavy atom. The Morgan fingerprint density at radius 1 is 1.63 bits per heavy atom. The van der Waals surface area contributed by atoms with Gasteiger partial charge in [-0.05, 0) is 23.8 Å². The molecule has 0 heterocycles. The van der Waals surface area contributed by atoms with Crippen LogP contribution in [0.25, 0.3) is 0 Å². The van der Waals surface area contributed by atoms with Crippen molar-refractivity contribution in [1.82, 2.24) is 0 Å². The van der Waals surface area contributed by atoms with E-state index in [4.69, 9.17) is 11.0 Å². The Kier molecular flexibility index (Phi) is 6.33. The molecule has 0 aliphatic heterocycles. The molecule has 0 aromatic heterocycles. The largest absolute Gasteiger partial charge is 0.468 e. The summed E-state index contributed by atoms with van der Waals surface area (Å²) in [5.41, 5.74) is 6.11. The average Bonchev–Trinajstić information content (AvgIpc) is 2.43. The number of benzene rings is 1. The van der Waals surface area contributed by atoms with Crippen LogP contribution in [-0.4, -0.2) is 24.9 Å². The van der Waals surface area contributed by atoms with Crippen molar-refractivity contribution < 1.29 is 13.9 Å². The molecule has 0 amide bonds. The summed E-state index contributed by atoms with van der Waals surface area (Å²) in [4.78, 5) is 11.1. The summed E-state index contributed by atoms with van der Waals surface area (Å²) in [5.74, 6) is 0.134. The Hall–Kier alpha value is -1.58. The number of carbonyl (C=O) groups is 1. The number of nitriles is 1. The highest BCUT2D eigenvalue weighted by atomic mass is 32.2. The third-order valence-electron chi connectivity index (χ3n) is 2.53. The number of methoxy groups -OCH3 is 1. The Bertz CT molecular complexity index is 488. The fraction of sp³-hybridized carbons (Fsp3) is 0.385. The maximum absolute atomic E-state index is 13.7. The molecule has 6 heteroatoms. The predicted octanol–water partition coefficient (Wildman–Crippen LogP) is 1.82.